The van der Waals surface area contributed by atoms with Gasteiger partial charge >= 0.3 is 5.97 Å². The maximum Gasteiger partial charge on any atom is 0.327 e. The molecule has 0 radical (unpaired) electrons. The SMILES string of the molecule is CCCOc1ccccc1C(N)C(=O)OCC. The molecule has 0 bridgehead atoms. The molecule has 0 fully saturated rings. The molecule has 1 rings (SSSR count). The molecule has 94 valence electrons. The van der Waals surface area contributed by atoms with E-state index in [0.29, 0.717) is 24.5 Å². The topological polar surface area (TPSA) is 61.5 Å². The molecule has 1 aromatic rings. The van der Waals surface area contributed by atoms with Crippen LogP contribution in [0.2, 0.25) is 0 Å². The lowest BCUT2D eigenvalue weighted by atomic mass is 10.1. The second-order valence-electron chi connectivity index (χ2n) is 3.62. The lowest BCUT2D eigenvalue weighted by molar-refractivity contribution is -0.144. The van der Waals surface area contributed by atoms with Gasteiger partial charge in [-0.1, -0.05) is 25.1 Å². The van der Waals surface area contributed by atoms with Gasteiger partial charge in [0, 0.05) is 5.56 Å². The Morgan fingerprint density at radius 1 is 1.35 bits per heavy atom. The van der Waals surface area contributed by atoms with E-state index in [2.05, 4.69) is 0 Å². The minimum atomic E-state index is -0.789. The van der Waals surface area contributed by atoms with Gasteiger partial charge in [-0.25, -0.2) is 4.79 Å². The normalized spacial score (nSPS) is 11.9. The van der Waals surface area contributed by atoms with Gasteiger partial charge in [0.25, 0.3) is 0 Å². The number of para-hydroxylation sites is 1. The first-order valence-corrected chi connectivity index (χ1v) is 5.84. The van der Waals surface area contributed by atoms with Gasteiger partial charge in [-0.15, -0.1) is 0 Å². The number of rotatable bonds is 6. The summed E-state index contributed by atoms with van der Waals surface area (Å²) in [5.41, 5.74) is 6.51. The Hall–Kier alpha value is -1.55. The number of benzene rings is 1. The summed E-state index contributed by atoms with van der Waals surface area (Å²) in [6.07, 6.45) is 0.906. The zero-order valence-corrected chi connectivity index (χ0v) is 10.3. The van der Waals surface area contributed by atoms with Crippen LogP contribution in [0.15, 0.2) is 24.3 Å². The van der Waals surface area contributed by atoms with Crippen LogP contribution in [0.4, 0.5) is 0 Å². The van der Waals surface area contributed by atoms with E-state index in [9.17, 15) is 4.79 Å². The van der Waals surface area contributed by atoms with Crippen LogP contribution in [0.1, 0.15) is 31.9 Å². The second kappa shape index (κ2) is 6.91. The van der Waals surface area contributed by atoms with Crippen molar-refractivity contribution in [3.63, 3.8) is 0 Å². The summed E-state index contributed by atoms with van der Waals surface area (Å²) >= 11 is 0. The van der Waals surface area contributed by atoms with Gasteiger partial charge in [0.2, 0.25) is 0 Å². The van der Waals surface area contributed by atoms with Crippen LogP contribution in [0.5, 0.6) is 5.75 Å². The monoisotopic (exact) mass is 237 g/mol. The van der Waals surface area contributed by atoms with Crippen molar-refractivity contribution in [2.45, 2.75) is 26.3 Å². The lowest BCUT2D eigenvalue weighted by Gasteiger charge is -2.15. The van der Waals surface area contributed by atoms with Crippen LogP contribution in [0.25, 0.3) is 0 Å². The number of ether oxygens (including phenoxy) is 2. The Labute approximate surface area is 102 Å². The molecule has 0 saturated heterocycles. The highest BCUT2D eigenvalue weighted by molar-refractivity contribution is 5.78. The molecule has 17 heavy (non-hydrogen) atoms. The van der Waals surface area contributed by atoms with Gasteiger partial charge in [-0.2, -0.15) is 0 Å². The average Bonchev–Trinajstić information content (AvgIpc) is 2.36. The Balaban J connectivity index is 2.84. The van der Waals surface area contributed by atoms with Crippen LogP contribution in [0, 0.1) is 0 Å². The number of nitrogens with two attached hydrogens (primary N) is 1. The van der Waals surface area contributed by atoms with E-state index in [-0.39, 0.29) is 0 Å². The van der Waals surface area contributed by atoms with Crippen LogP contribution >= 0.6 is 0 Å². The maximum absolute atomic E-state index is 11.6. The molecule has 4 heteroatoms. The van der Waals surface area contributed by atoms with Crippen molar-refractivity contribution >= 4 is 5.97 Å². The molecule has 1 unspecified atom stereocenters. The van der Waals surface area contributed by atoms with Crippen LogP contribution in [-0.4, -0.2) is 19.2 Å². The van der Waals surface area contributed by atoms with E-state index in [1.54, 1.807) is 13.0 Å². The van der Waals surface area contributed by atoms with Crippen molar-refractivity contribution in [2.75, 3.05) is 13.2 Å². The van der Waals surface area contributed by atoms with E-state index in [1.807, 2.05) is 25.1 Å². The van der Waals surface area contributed by atoms with Gasteiger partial charge in [0.1, 0.15) is 11.8 Å². The third kappa shape index (κ3) is 3.75. The fourth-order valence-electron chi connectivity index (χ4n) is 1.44. The first-order chi connectivity index (χ1) is 8.20. The molecule has 0 aliphatic rings. The molecule has 0 aliphatic carbocycles. The summed E-state index contributed by atoms with van der Waals surface area (Å²) < 4.78 is 10.4. The minimum Gasteiger partial charge on any atom is -0.493 e. The van der Waals surface area contributed by atoms with Gasteiger partial charge in [-0.05, 0) is 19.4 Å². The summed E-state index contributed by atoms with van der Waals surface area (Å²) in [6, 6.07) is 6.49. The predicted octanol–water partition coefficient (Wildman–Crippen LogP) is 2.04. The largest absolute Gasteiger partial charge is 0.493 e. The van der Waals surface area contributed by atoms with E-state index < -0.39 is 12.0 Å². The van der Waals surface area contributed by atoms with Crippen molar-refractivity contribution in [1.82, 2.24) is 0 Å². The number of carbonyl (C=O) groups excluding carboxylic acids is 1. The highest BCUT2D eigenvalue weighted by Crippen LogP contribution is 2.24. The van der Waals surface area contributed by atoms with Crippen LogP contribution < -0.4 is 10.5 Å². The molecule has 1 aromatic carbocycles. The molecule has 0 aromatic heterocycles. The average molecular weight is 237 g/mol. The van der Waals surface area contributed by atoms with Crippen molar-refractivity contribution in [3.05, 3.63) is 29.8 Å². The predicted molar refractivity (Wildman–Crippen MR) is 65.8 cm³/mol. The van der Waals surface area contributed by atoms with Crippen LogP contribution in [-0.2, 0) is 9.53 Å². The van der Waals surface area contributed by atoms with E-state index in [1.165, 1.54) is 0 Å². The Morgan fingerprint density at radius 3 is 2.71 bits per heavy atom. The van der Waals surface area contributed by atoms with E-state index >= 15 is 0 Å². The van der Waals surface area contributed by atoms with Crippen molar-refractivity contribution < 1.29 is 14.3 Å². The van der Waals surface area contributed by atoms with Gasteiger partial charge in [0.05, 0.1) is 13.2 Å². The molecule has 0 aliphatic heterocycles. The molecule has 0 heterocycles. The number of esters is 1. The van der Waals surface area contributed by atoms with Gasteiger partial charge in [0.15, 0.2) is 0 Å². The summed E-state index contributed by atoms with van der Waals surface area (Å²) in [4.78, 5) is 11.6. The van der Waals surface area contributed by atoms with Gasteiger partial charge < -0.3 is 15.2 Å². The van der Waals surface area contributed by atoms with Crippen molar-refractivity contribution in [1.29, 1.82) is 0 Å². The quantitative estimate of drug-likeness (QED) is 0.769. The van der Waals surface area contributed by atoms with Gasteiger partial charge in [-0.3, -0.25) is 0 Å². The zero-order chi connectivity index (χ0) is 12.7. The summed E-state index contributed by atoms with van der Waals surface area (Å²) in [6.45, 7) is 4.70. The van der Waals surface area contributed by atoms with Crippen LogP contribution in [0.3, 0.4) is 0 Å². The van der Waals surface area contributed by atoms with E-state index in [0.717, 1.165) is 6.42 Å². The highest BCUT2D eigenvalue weighted by atomic mass is 16.5. The molecular weight excluding hydrogens is 218 g/mol. The molecule has 0 saturated carbocycles. The summed E-state index contributed by atoms with van der Waals surface area (Å²) in [5.74, 6) is 0.218. The molecule has 0 spiro atoms. The third-order valence-electron chi connectivity index (χ3n) is 2.26. The standard InChI is InChI=1S/C13H19NO3/c1-3-9-17-11-8-6-5-7-10(11)12(14)13(15)16-4-2/h5-8,12H,3-4,9,14H2,1-2H3. The minimum absolute atomic E-state index is 0.324. The molecular formula is C13H19NO3. The molecule has 4 nitrogen and oxygen atoms in total. The number of carbonyl (C=O) groups is 1. The summed E-state index contributed by atoms with van der Waals surface area (Å²) in [7, 11) is 0. The smallest absolute Gasteiger partial charge is 0.327 e. The van der Waals surface area contributed by atoms with E-state index in [4.69, 9.17) is 15.2 Å². The Bertz CT molecular complexity index is 365. The molecule has 0 amide bonds. The molecule has 1 atom stereocenters. The third-order valence-corrected chi connectivity index (χ3v) is 2.26. The fraction of sp³-hybridized carbons (Fsp3) is 0.462. The lowest BCUT2D eigenvalue weighted by Crippen LogP contribution is -2.24. The zero-order valence-electron chi connectivity index (χ0n) is 10.3. The van der Waals surface area contributed by atoms with Crippen molar-refractivity contribution in [3.8, 4) is 5.75 Å². The first kappa shape index (κ1) is 13.5. The Morgan fingerprint density at radius 2 is 2.06 bits per heavy atom. The molecule has 2 N–H and O–H groups in total. The number of hydrogen-bond donors (Lipinski definition) is 1. The number of hydrogen-bond acceptors (Lipinski definition) is 4. The Kier molecular flexibility index (Phi) is 5.49. The fourth-order valence-corrected chi connectivity index (χ4v) is 1.44. The highest BCUT2D eigenvalue weighted by Gasteiger charge is 2.20. The first-order valence-electron chi connectivity index (χ1n) is 5.84. The van der Waals surface area contributed by atoms with Crippen molar-refractivity contribution in [2.24, 2.45) is 5.73 Å². The second-order valence-corrected chi connectivity index (χ2v) is 3.62. The summed E-state index contributed by atoms with van der Waals surface area (Å²) in [5, 5.41) is 0. The maximum atomic E-state index is 11.6.